The summed E-state index contributed by atoms with van der Waals surface area (Å²) >= 11 is 0. The van der Waals surface area contributed by atoms with Gasteiger partial charge in [-0.15, -0.1) is 4.83 Å². The zero-order valence-electron chi connectivity index (χ0n) is 11.4. The molecule has 0 radical (unpaired) electrons. The van der Waals surface area contributed by atoms with Gasteiger partial charge >= 0.3 is 0 Å². The molecule has 1 aromatic carbocycles. The summed E-state index contributed by atoms with van der Waals surface area (Å²) < 4.78 is 37.5. The molecule has 2 N–H and O–H groups in total. The Hall–Kier alpha value is -1.02. The smallest absolute Gasteiger partial charge is 0.256 e. The number of nitrogens with one attached hydrogen (secondary N) is 2. The Labute approximate surface area is 113 Å². The Balaban J connectivity index is 2.88. The van der Waals surface area contributed by atoms with Crippen molar-refractivity contribution < 1.29 is 12.8 Å². The fraction of sp³-hybridized carbons (Fsp3) is 0.500. The monoisotopic (exact) mass is 289 g/mol. The maximum absolute atomic E-state index is 13.8. The summed E-state index contributed by atoms with van der Waals surface area (Å²) in [6, 6.07) is 4.13. The first-order valence-electron chi connectivity index (χ1n) is 6.05. The number of hydrogen-bond donors (Lipinski definition) is 2. The highest BCUT2D eigenvalue weighted by Gasteiger charge is 2.19. The normalized spacial score (nSPS) is 12.1. The average molecular weight is 289 g/mol. The van der Waals surface area contributed by atoms with E-state index in [0.717, 1.165) is 18.5 Å². The van der Waals surface area contributed by atoms with E-state index in [0.29, 0.717) is 6.54 Å². The molecule has 1 rings (SSSR count). The van der Waals surface area contributed by atoms with Crippen LogP contribution in [0, 0.1) is 5.82 Å². The number of hydrazine groups is 1. The molecule has 0 amide bonds. The van der Waals surface area contributed by atoms with Crippen molar-refractivity contribution in [2.24, 2.45) is 0 Å². The molecular formula is C12H20FN3O2S. The van der Waals surface area contributed by atoms with Crippen LogP contribution >= 0.6 is 0 Å². The van der Waals surface area contributed by atoms with Gasteiger partial charge in [0, 0.05) is 20.6 Å². The minimum atomic E-state index is -3.85. The van der Waals surface area contributed by atoms with Gasteiger partial charge in [0.15, 0.2) is 0 Å². The Morgan fingerprint density at radius 3 is 2.53 bits per heavy atom. The third-order valence-corrected chi connectivity index (χ3v) is 3.86. The van der Waals surface area contributed by atoms with E-state index < -0.39 is 15.8 Å². The molecule has 0 aliphatic heterocycles. The lowest BCUT2D eigenvalue weighted by Gasteiger charge is -2.13. The van der Waals surface area contributed by atoms with Crippen molar-refractivity contribution in [3.05, 3.63) is 29.6 Å². The Morgan fingerprint density at radius 1 is 1.32 bits per heavy atom. The standard InChI is InChI=1S/C12H20FN3O2S/c1-4-7-14-9-10-5-6-12(11(13)8-10)19(17,18)15-16(2)3/h5-6,8,14-15H,4,7,9H2,1-3H3. The van der Waals surface area contributed by atoms with E-state index in [9.17, 15) is 12.8 Å². The zero-order chi connectivity index (χ0) is 14.5. The van der Waals surface area contributed by atoms with E-state index >= 15 is 0 Å². The highest BCUT2D eigenvalue weighted by molar-refractivity contribution is 7.89. The van der Waals surface area contributed by atoms with E-state index in [-0.39, 0.29) is 4.90 Å². The number of sulfonamides is 1. The fourth-order valence-corrected chi connectivity index (χ4v) is 2.71. The minimum Gasteiger partial charge on any atom is -0.313 e. The molecular weight excluding hydrogens is 269 g/mol. The second kappa shape index (κ2) is 6.95. The van der Waals surface area contributed by atoms with Gasteiger partial charge in [-0.2, -0.15) is 0 Å². The summed E-state index contributed by atoms with van der Waals surface area (Å²) in [6.07, 6.45) is 0.988. The van der Waals surface area contributed by atoms with Crippen LogP contribution in [0.25, 0.3) is 0 Å². The summed E-state index contributed by atoms with van der Waals surface area (Å²) in [5.41, 5.74) is 0.717. The van der Waals surface area contributed by atoms with E-state index in [4.69, 9.17) is 0 Å². The van der Waals surface area contributed by atoms with Gasteiger partial charge in [-0.25, -0.2) is 17.8 Å². The molecule has 1 aromatic rings. The Morgan fingerprint density at radius 2 is 2.00 bits per heavy atom. The first-order valence-corrected chi connectivity index (χ1v) is 7.54. The average Bonchev–Trinajstić information content (AvgIpc) is 2.27. The molecule has 0 saturated carbocycles. The summed E-state index contributed by atoms with van der Waals surface area (Å²) in [6.45, 7) is 3.40. The quantitative estimate of drug-likeness (QED) is 0.582. The summed E-state index contributed by atoms with van der Waals surface area (Å²) in [7, 11) is -0.799. The predicted molar refractivity (Wildman–Crippen MR) is 72.4 cm³/mol. The van der Waals surface area contributed by atoms with Gasteiger partial charge in [-0.05, 0) is 30.7 Å². The van der Waals surface area contributed by atoms with Gasteiger partial charge in [0.05, 0.1) is 0 Å². The number of nitrogens with zero attached hydrogens (tertiary/aromatic N) is 1. The molecule has 108 valence electrons. The second-order valence-corrected chi connectivity index (χ2v) is 6.06. The van der Waals surface area contributed by atoms with Gasteiger partial charge in [-0.1, -0.05) is 13.0 Å². The van der Waals surface area contributed by atoms with Crippen LogP contribution in [-0.4, -0.2) is 34.1 Å². The number of rotatable bonds is 7. The maximum atomic E-state index is 13.8. The van der Waals surface area contributed by atoms with Gasteiger partial charge < -0.3 is 5.32 Å². The van der Waals surface area contributed by atoms with Crippen molar-refractivity contribution in [3.8, 4) is 0 Å². The Bertz CT molecular complexity index is 518. The van der Waals surface area contributed by atoms with Crippen LogP contribution in [0.2, 0.25) is 0 Å². The third-order valence-electron chi connectivity index (χ3n) is 2.34. The zero-order valence-corrected chi connectivity index (χ0v) is 12.2. The lowest BCUT2D eigenvalue weighted by molar-refractivity contribution is 0.363. The maximum Gasteiger partial charge on any atom is 0.256 e. The molecule has 0 aliphatic rings. The fourth-order valence-electron chi connectivity index (χ4n) is 1.57. The van der Waals surface area contributed by atoms with Gasteiger partial charge in [-0.3, -0.25) is 0 Å². The van der Waals surface area contributed by atoms with Crippen LogP contribution in [-0.2, 0) is 16.6 Å². The molecule has 0 saturated heterocycles. The van der Waals surface area contributed by atoms with Crippen molar-refractivity contribution >= 4 is 10.0 Å². The highest BCUT2D eigenvalue weighted by atomic mass is 32.2. The van der Waals surface area contributed by atoms with Crippen LogP contribution < -0.4 is 10.1 Å². The molecule has 0 aliphatic carbocycles. The first-order chi connectivity index (χ1) is 8.86. The van der Waals surface area contributed by atoms with Crippen LogP contribution in [0.3, 0.4) is 0 Å². The predicted octanol–water partition coefficient (Wildman–Crippen LogP) is 1.08. The summed E-state index contributed by atoms with van der Waals surface area (Å²) in [5, 5.41) is 4.38. The Kier molecular flexibility index (Phi) is 5.86. The molecule has 0 bridgehead atoms. The number of hydrogen-bond acceptors (Lipinski definition) is 4. The van der Waals surface area contributed by atoms with E-state index in [1.165, 1.54) is 31.2 Å². The molecule has 0 atom stereocenters. The molecule has 19 heavy (non-hydrogen) atoms. The lowest BCUT2D eigenvalue weighted by Crippen LogP contribution is -2.36. The highest BCUT2D eigenvalue weighted by Crippen LogP contribution is 2.16. The largest absolute Gasteiger partial charge is 0.313 e. The van der Waals surface area contributed by atoms with E-state index in [2.05, 4.69) is 10.1 Å². The molecule has 0 fully saturated rings. The van der Waals surface area contributed by atoms with Gasteiger partial charge in [0.2, 0.25) is 0 Å². The van der Waals surface area contributed by atoms with Gasteiger partial charge in [0.1, 0.15) is 10.7 Å². The lowest BCUT2D eigenvalue weighted by atomic mass is 10.2. The molecule has 0 aromatic heterocycles. The molecule has 5 nitrogen and oxygen atoms in total. The molecule has 0 spiro atoms. The topological polar surface area (TPSA) is 61.4 Å². The number of benzene rings is 1. The van der Waals surface area contributed by atoms with Crippen molar-refractivity contribution in [2.45, 2.75) is 24.8 Å². The minimum absolute atomic E-state index is 0.347. The summed E-state index contributed by atoms with van der Waals surface area (Å²) in [4.78, 5) is 1.85. The van der Waals surface area contributed by atoms with E-state index in [1.54, 1.807) is 6.07 Å². The second-order valence-electron chi connectivity index (χ2n) is 4.43. The van der Waals surface area contributed by atoms with Crippen molar-refractivity contribution in [2.75, 3.05) is 20.6 Å². The summed E-state index contributed by atoms with van der Waals surface area (Å²) in [5.74, 6) is -0.745. The molecule has 0 heterocycles. The number of halogens is 1. The van der Waals surface area contributed by atoms with Crippen molar-refractivity contribution in [1.82, 2.24) is 15.2 Å². The van der Waals surface area contributed by atoms with Crippen LogP contribution in [0.5, 0.6) is 0 Å². The van der Waals surface area contributed by atoms with Gasteiger partial charge in [0.25, 0.3) is 10.0 Å². The SMILES string of the molecule is CCCNCc1ccc(S(=O)(=O)NN(C)C)c(F)c1. The van der Waals surface area contributed by atoms with Crippen LogP contribution in [0.15, 0.2) is 23.1 Å². The van der Waals surface area contributed by atoms with Crippen molar-refractivity contribution in [1.29, 1.82) is 0 Å². The van der Waals surface area contributed by atoms with Crippen molar-refractivity contribution in [3.63, 3.8) is 0 Å². The third kappa shape index (κ3) is 4.87. The molecule has 7 heteroatoms. The van der Waals surface area contributed by atoms with E-state index in [1.807, 2.05) is 6.92 Å². The van der Waals surface area contributed by atoms with Crippen LogP contribution in [0.1, 0.15) is 18.9 Å². The first kappa shape index (κ1) is 16.0. The van der Waals surface area contributed by atoms with Crippen LogP contribution in [0.4, 0.5) is 4.39 Å². The molecule has 0 unspecified atom stereocenters.